The largest absolute Gasteiger partial charge is 0.394 e. The average Bonchev–Trinajstić information content (AvgIpc) is 2.45. The molecule has 2 rings (SSSR count). The molecule has 7 heteroatoms. The van der Waals surface area contributed by atoms with Crippen molar-refractivity contribution in [2.45, 2.75) is 25.3 Å². The van der Waals surface area contributed by atoms with Crippen LogP contribution in [0.4, 0.5) is 5.69 Å². The topological polar surface area (TPSA) is 83.7 Å². The van der Waals surface area contributed by atoms with E-state index in [9.17, 15) is 20.0 Å². The molecule has 1 heterocycles. The summed E-state index contributed by atoms with van der Waals surface area (Å²) in [5, 5.41) is 20.2. The Bertz CT molecular complexity index is 535. The fourth-order valence-electron chi connectivity index (χ4n) is 2.43. The first-order valence-electron chi connectivity index (χ1n) is 6.39. The number of halogens is 1. The lowest BCUT2D eigenvalue weighted by atomic mass is 10.0. The maximum atomic E-state index is 12.5. The highest BCUT2D eigenvalue weighted by Crippen LogP contribution is 2.25. The Morgan fingerprint density at radius 2 is 2.20 bits per heavy atom. The van der Waals surface area contributed by atoms with Gasteiger partial charge in [-0.1, -0.05) is 15.9 Å². The number of aliphatic hydroxyl groups is 1. The van der Waals surface area contributed by atoms with Crippen LogP contribution >= 0.6 is 15.9 Å². The van der Waals surface area contributed by atoms with Crippen LogP contribution in [-0.4, -0.2) is 40.0 Å². The number of likely N-dealkylation sites (tertiary alicyclic amines) is 1. The zero-order valence-electron chi connectivity index (χ0n) is 10.8. The van der Waals surface area contributed by atoms with E-state index < -0.39 is 4.92 Å². The lowest BCUT2D eigenvalue weighted by molar-refractivity contribution is -0.385. The molecule has 0 aliphatic carbocycles. The van der Waals surface area contributed by atoms with Crippen LogP contribution in [-0.2, 0) is 0 Å². The van der Waals surface area contributed by atoms with Crippen molar-refractivity contribution < 1.29 is 14.8 Å². The lowest BCUT2D eigenvalue weighted by Gasteiger charge is -2.34. The first kappa shape index (κ1) is 14.9. The molecule has 1 amide bonds. The summed E-state index contributed by atoms with van der Waals surface area (Å²) in [5.74, 6) is -0.270. The van der Waals surface area contributed by atoms with Gasteiger partial charge < -0.3 is 10.0 Å². The summed E-state index contributed by atoms with van der Waals surface area (Å²) >= 11 is 3.18. The number of carbonyl (C=O) groups is 1. The number of benzene rings is 1. The van der Waals surface area contributed by atoms with Crippen molar-refractivity contribution in [3.05, 3.63) is 38.3 Å². The molecule has 1 unspecified atom stereocenters. The minimum Gasteiger partial charge on any atom is -0.394 e. The van der Waals surface area contributed by atoms with Crippen molar-refractivity contribution in [3.63, 3.8) is 0 Å². The van der Waals surface area contributed by atoms with E-state index in [4.69, 9.17) is 0 Å². The summed E-state index contributed by atoms with van der Waals surface area (Å²) in [6.07, 6.45) is 2.63. The number of aliphatic hydroxyl groups excluding tert-OH is 1. The quantitative estimate of drug-likeness (QED) is 0.674. The van der Waals surface area contributed by atoms with Gasteiger partial charge in [0, 0.05) is 28.7 Å². The van der Waals surface area contributed by atoms with E-state index in [1.165, 1.54) is 12.1 Å². The van der Waals surface area contributed by atoms with Gasteiger partial charge >= 0.3 is 0 Å². The molecule has 1 aliphatic rings. The molecule has 108 valence electrons. The highest BCUT2D eigenvalue weighted by Gasteiger charge is 2.27. The molecule has 20 heavy (non-hydrogen) atoms. The summed E-state index contributed by atoms with van der Waals surface area (Å²) in [6, 6.07) is 4.00. The van der Waals surface area contributed by atoms with Crippen LogP contribution in [0.25, 0.3) is 0 Å². The van der Waals surface area contributed by atoms with Crippen molar-refractivity contribution in [2.24, 2.45) is 0 Å². The normalized spacial score (nSPS) is 18.9. The zero-order valence-corrected chi connectivity index (χ0v) is 12.4. The van der Waals surface area contributed by atoms with Gasteiger partial charge in [0.1, 0.15) is 0 Å². The summed E-state index contributed by atoms with van der Waals surface area (Å²) in [6.45, 7) is 0.492. The lowest BCUT2D eigenvalue weighted by Crippen LogP contribution is -2.45. The molecule has 6 nitrogen and oxygen atoms in total. The van der Waals surface area contributed by atoms with Crippen LogP contribution in [0, 0.1) is 10.1 Å². The van der Waals surface area contributed by atoms with Gasteiger partial charge in [-0.2, -0.15) is 0 Å². The monoisotopic (exact) mass is 342 g/mol. The van der Waals surface area contributed by atoms with Gasteiger partial charge in [0.2, 0.25) is 0 Å². The second-order valence-electron chi connectivity index (χ2n) is 4.79. The number of hydrogen-bond donors (Lipinski definition) is 1. The number of nitro groups is 1. The highest BCUT2D eigenvalue weighted by molar-refractivity contribution is 9.10. The SMILES string of the molecule is O=C(c1cc(Br)cc([N+](=O)[O-])c1)N1CCCCC1CO. The predicted octanol–water partition coefficient (Wildman–Crippen LogP) is 2.34. The number of rotatable bonds is 3. The summed E-state index contributed by atoms with van der Waals surface area (Å²) in [4.78, 5) is 24.4. The highest BCUT2D eigenvalue weighted by atomic mass is 79.9. The van der Waals surface area contributed by atoms with E-state index in [2.05, 4.69) is 15.9 Å². The average molecular weight is 343 g/mol. The Labute approximate surface area is 124 Å². The van der Waals surface area contributed by atoms with Crippen molar-refractivity contribution in [1.82, 2.24) is 4.90 Å². The number of amides is 1. The van der Waals surface area contributed by atoms with E-state index in [1.807, 2.05) is 0 Å². The van der Waals surface area contributed by atoms with Crippen LogP contribution < -0.4 is 0 Å². The smallest absolute Gasteiger partial charge is 0.271 e. The third kappa shape index (κ3) is 3.16. The third-order valence-electron chi connectivity index (χ3n) is 3.44. The number of nitrogens with zero attached hydrogens (tertiary/aromatic N) is 2. The Hall–Kier alpha value is -1.47. The van der Waals surface area contributed by atoms with Crippen LogP contribution in [0.3, 0.4) is 0 Å². The van der Waals surface area contributed by atoms with E-state index in [-0.39, 0.29) is 29.8 Å². The summed E-state index contributed by atoms with van der Waals surface area (Å²) in [7, 11) is 0. The molecule has 1 aromatic carbocycles. The number of nitro benzene ring substituents is 1. The van der Waals surface area contributed by atoms with E-state index >= 15 is 0 Å². The standard InChI is InChI=1S/C13H15BrN2O4/c14-10-5-9(6-12(7-10)16(19)20)13(18)15-4-2-1-3-11(15)8-17/h5-7,11,17H,1-4,8H2. The number of carbonyl (C=O) groups excluding carboxylic acids is 1. The molecule has 0 radical (unpaired) electrons. The Balaban J connectivity index is 2.30. The van der Waals surface area contributed by atoms with Crippen molar-refractivity contribution in [3.8, 4) is 0 Å². The summed E-state index contributed by atoms with van der Waals surface area (Å²) in [5.41, 5.74) is 0.145. The molecular weight excluding hydrogens is 328 g/mol. The van der Waals surface area contributed by atoms with Crippen LogP contribution in [0.15, 0.2) is 22.7 Å². The molecule has 0 aromatic heterocycles. The maximum Gasteiger partial charge on any atom is 0.271 e. The van der Waals surface area contributed by atoms with Crippen LogP contribution in [0.2, 0.25) is 0 Å². The second-order valence-corrected chi connectivity index (χ2v) is 5.70. The fourth-order valence-corrected chi connectivity index (χ4v) is 2.91. The fraction of sp³-hybridized carbons (Fsp3) is 0.462. The van der Waals surface area contributed by atoms with Crippen LogP contribution in [0.5, 0.6) is 0 Å². The predicted molar refractivity (Wildman–Crippen MR) is 76.6 cm³/mol. The number of piperidine rings is 1. The molecule has 0 bridgehead atoms. The molecule has 1 atom stereocenters. The molecular formula is C13H15BrN2O4. The first-order chi connectivity index (χ1) is 9.52. The Morgan fingerprint density at radius 3 is 2.85 bits per heavy atom. The molecule has 0 saturated carbocycles. The Morgan fingerprint density at radius 1 is 1.45 bits per heavy atom. The van der Waals surface area contributed by atoms with E-state index in [1.54, 1.807) is 11.0 Å². The molecule has 1 N–H and O–H groups in total. The zero-order chi connectivity index (χ0) is 14.7. The molecule has 1 fully saturated rings. The number of hydrogen-bond acceptors (Lipinski definition) is 4. The van der Waals surface area contributed by atoms with Gasteiger partial charge in [-0.3, -0.25) is 14.9 Å². The van der Waals surface area contributed by atoms with Gasteiger partial charge in [-0.05, 0) is 25.3 Å². The number of non-ortho nitro benzene ring substituents is 1. The van der Waals surface area contributed by atoms with Gasteiger partial charge in [-0.15, -0.1) is 0 Å². The van der Waals surface area contributed by atoms with Crippen LogP contribution in [0.1, 0.15) is 29.6 Å². The minimum absolute atomic E-state index is 0.0815. The second kappa shape index (κ2) is 6.32. The third-order valence-corrected chi connectivity index (χ3v) is 3.90. The van der Waals surface area contributed by atoms with Crippen molar-refractivity contribution in [1.29, 1.82) is 0 Å². The first-order valence-corrected chi connectivity index (χ1v) is 7.19. The minimum atomic E-state index is -0.527. The molecule has 1 aliphatic heterocycles. The van der Waals surface area contributed by atoms with E-state index in [0.717, 1.165) is 19.3 Å². The Kier molecular flexibility index (Phi) is 4.72. The van der Waals surface area contributed by atoms with Crippen molar-refractivity contribution >= 4 is 27.5 Å². The molecule has 1 aromatic rings. The summed E-state index contributed by atoms with van der Waals surface area (Å²) < 4.78 is 0.493. The van der Waals surface area contributed by atoms with Gasteiger partial charge in [-0.25, -0.2) is 0 Å². The van der Waals surface area contributed by atoms with Gasteiger partial charge in [0.05, 0.1) is 17.6 Å². The molecule has 1 saturated heterocycles. The van der Waals surface area contributed by atoms with Gasteiger partial charge in [0.25, 0.3) is 11.6 Å². The maximum absolute atomic E-state index is 12.5. The van der Waals surface area contributed by atoms with Gasteiger partial charge in [0.15, 0.2) is 0 Å². The van der Waals surface area contributed by atoms with Crippen molar-refractivity contribution in [2.75, 3.05) is 13.2 Å². The molecule has 0 spiro atoms. The van der Waals surface area contributed by atoms with E-state index in [0.29, 0.717) is 11.0 Å².